The standard InChI is InChI=1S/C44H23N3OS3/c1-2-13-25-24(12-1)36-28-16-5-8-20-32(28)50-42(36)38-26-14-3-6-18-30(26)47(40(25)38)44-45-39(37-27-15-4-7-19-31(27)48-43(37)46-44)29-17-11-23-35-41(29)51-34-22-10-9-21-33(34)49-35/h1-23H. The molecule has 7 heteroatoms. The van der Waals surface area contributed by atoms with E-state index in [0.29, 0.717) is 11.7 Å². The van der Waals surface area contributed by atoms with Crippen LogP contribution >= 0.6 is 34.9 Å². The van der Waals surface area contributed by atoms with Gasteiger partial charge in [0.15, 0.2) is 0 Å². The van der Waals surface area contributed by atoms with Gasteiger partial charge < -0.3 is 4.42 Å². The van der Waals surface area contributed by atoms with E-state index in [-0.39, 0.29) is 0 Å². The summed E-state index contributed by atoms with van der Waals surface area (Å²) in [5.74, 6) is 0.597. The fraction of sp³-hybridized carbons (Fsp3) is 0. The van der Waals surface area contributed by atoms with Gasteiger partial charge >= 0.3 is 0 Å². The van der Waals surface area contributed by atoms with Crippen molar-refractivity contribution in [3.63, 3.8) is 0 Å². The molecule has 0 radical (unpaired) electrons. The number of furan rings is 1. The average molecular weight is 706 g/mol. The summed E-state index contributed by atoms with van der Waals surface area (Å²) < 4.78 is 11.5. The topological polar surface area (TPSA) is 43.9 Å². The molecule has 0 saturated carbocycles. The molecule has 0 atom stereocenters. The predicted octanol–water partition coefficient (Wildman–Crippen LogP) is 13.3. The highest BCUT2D eigenvalue weighted by Gasteiger charge is 2.27. The normalized spacial score (nSPS) is 12.9. The molecule has 238 valence electrons. The minimum Gasteiger partial charge on any atom is -0.437 e. The smallest absolute Gasteiger partial charge is 0.238 e. The third-order valence-corrected chi connectivity index (χ3v) is 13.9. The van der Waals surface area contributed by atoms with Crippen molar-refractivity contribution in [1.29, 1.82) is 0 Å². The quantitative estimate of drug-likeness (QED) is 0.179. The molecule has 1 aliphatic rings. The Morgan fingerprint density at radius 2 is 1.20 bits per heavy atom. The first kappa shape index (κ1) is 28.1. The number of hydrogen-bond acceptors (Lipinski definition) is 6. The van der Waals surface area contributed by atoms with Crippen LogP contribution in [0, 0.1) is 0 Å². The largest absolute Gasteiger partial charge is 0.437 e. The van der Waals surface area contributed by atoms with Gasteiger partial charge in [-0.05, 0) is 41.8 Å². The SMILES string of the molecule is c1ccc2c(c1)Sc1cccc(-c3nc(-n4c5ccccc5c5c6sc7ccccc7c6c6ccccc6c54)nc4oc5ccccc5c34)c1S2. The van der Waals surface area contributed by atoms with Crippen LogP contribution in [0.25, 0.3) is 92.0 Å². The van der Waals surface area contributed by atoms with Crippen molar-refractivity contribution in [3.8, 4) is 17.2 Å². The van der Waals surface area contributed by atoms with Crippen LogP contribution in [0.5, 0.6) is 0 Å². The van der Waals surface area contributed by atoms with Crippen LogP contribution in [0.3, 0.4) is 0 Å². The lowest BCUT2D eigenvalue weighted by molar-refractivity contribution is 0.651. The molecule has 1 aliphatic heterocycles. The molecule has 0 unspecified atom stereocenters. The van der Waals surface area contributed by atoms with Crippen LogP contribution in [-0.2, 0) is 0 Å². The van der Waals surface area contributed by atoms with E-state index in [2.05, 4.69) is 132 Å². The lowest BCUT2D eigenvalue weighted by Gasteiger charge is -2.21. The number of aromatic nitrogens is 3. The first-order valence-corrected chi connectivity index (χ1v) is 19.3. The van der Waals surface area contributed by atoms with Crippen molar-refractivity contribution in [1.82, 2.24) is 14.5 Å². The summed E-state index contributed by atoms with van der Waals surface area (Å²) in [4.78, 5) is 15.9. The molecule has 4 aromatic heterocycles. The number of nitrogens with zero attached hydrogens (tertiary/aromatic N) is 3. The van der Waals surface area contributed by atoms with Gasteiger partial charge in [-0.3, -0.25) is 4.57 Å². The molecule has 4 nitrogen and oxygen atoms in total. The zero-order valence-corrected chi connectivity index (χ0v) is 29.2. The number of thiophene rings is 1. The Balaban J connectivity index is 1.24. The Morgan fingerprint density at radius 3 is 2.08 bits per heavy atom. The van der Waals surface area contributed by atoms with Crippen LogP contribution in [-0.4, -0.2) is 14.5 Å². The number of fused-ring (bicyclic) bond motifs is 15. The molecule has 0 fully saturated rings. The van der Waals surface area contributed by atoms with Crippen molar-refractivity contribution in [2.75, 3.05) is 0 Å². The van der Waals surface area contributed by atoms with E-state index in [9.17, 15) is 0 Å². The van der Waals surface area contributed by atoms with Crippen molar-refractivity contribution >= 4 is 110 Å². The highest BCUT2D eigenvalue weighted by molar-refractivity contribution is 8.05. The van der Waals surface area contributed by atoms with Crippen LogP contribution < -0.4 is 0 Å². The molecule has 0 spiro atoms. The number of hydrogen-bond donors (Lipinski definition) is 0. The van der Waals surface area contributed by atoms with Crippen molar-refractivity contribution in [2.24, 2.45) is 0 Å². The average Bonchev–Trinajstić information content (AvgIpc) is 3.86. The van der Waals surface area contributed by atoms with E-state index in [0.717, 1.165) is 38.6 Å². The molecule has 0 aliphatic carbocycles. The monoisotopic (exact) mass is 705 g/mol. The lowest BCUT2D eigenvalue weighted by Crippen LogP contribution is -2.04. The van der Waals surface area contributed by atoms with Gasteiger partial charge in [-0.25, -0.2) is 4.98 Å². The summed E-state index contributed by atoms with van der Waals surface area (Å²) in [6.07, 6.45) is 0. The zero-order valence-electron chi connectivity index (χ0n) is 26.8. The van der Waals surface area contributed by atoms with E-state index in [4.69, 9.17) is 14.4 Å². The Morgan fingerprint density at radius 1 is 0.510 bits per heavy atom. The van der Waals surface area contributed by atoms with Gasteiger partial charge in [0.2, 0.25) is 11.7 Å². The molecule has 12 rings (SSSR count). The van der Waals surface area contributed by atoms with Crippen molar-refractivity contribution in [3.05, 3.63) is 140 Å². The van der Waals surface area contributed by atoms with Gasteiger partial charge in [-0.15, -0.1) is 11.3 Å². The number of para-hydroxylation sites is 2. The maximum absolute atomic E-state index is 6.60. The second-order valence-corrected chi connectivity index (χ2v) is 16.0. The zero-order chi connectivity index (χ0) is 33.2. The Kier molecular flexibility index (Phi) is 5.77. The maximum atomic E-state index is 6.60. The second kappa shape index (κ2) is 10.5. The summed E-state index contributed by atoms with van der Waals surface area (Å²) >= 11 is 5.50. The predicted molar refractivity (Wildman–Crippen MR) is 214 cm³/mol. The van der Waals surface area contributed by atoms with Gasteiger partial charge in [0, 0.05) is 66.9 Å². The third-order valence-electron chi connectivity index (χ3n) is 10.1. The molecule has 5 heterocycles. The summed E-state index contributed by atoms with van der Waals surface area (Å²) in [5.41, 5.74) is 5.52. The minimum atomic E-state index is 0.584. The second-order valence-electron chi connectivity index (χ2n) is 12.9. The first-order valence-electron chi connectivity index (χ1n) is 16.8. The van der Waals surface area contributed by atoms with Crippen LogP contribution in [0.15, 0.2) is 164 Å². The maximum Gasteiger partial charge on any atom is 0.238 e. The van der Waals surface area contributed by atoms with E-state index in [1.807, 2.05) is 47.0 Å². The highest BCUT2D eigenvalue weighted by Crippen LogP contribution is 2.53. The molecule has 0 amide bonds. The Labute approximate surface area is 303 Å². The van der Waals surface area contributed by atoms with Gasteiger partial charge in [0.05, 0.1) is 22.1 Å². The highest BCUT2D eigenvalue weighted by atomic mass is 32.2. The van der Waals surface area contributed by atoms with E-state index >= 15 is 0 Å². The first-order chi connectivity index (χ1) is 25.3. The lowest BCUT2D eigenvalue weighted by atomic mass is 10.00. The molecule has 11 aromatic rings. The molecular weight excluding hydrogens is 683 g/mol. The van der Waals surface area contributed by atoms with E-state index in [1.165, 1.54) is 61.3 Å². The number of rotatable bonds is 2. The number of benzene rings is 7. The molecule has 7 aromatic carbocycles. The van der Waals surface area contributed by atoms with Crippen molar-refractivity contribution in [2.45, 2.75) is 19.6 Å². The fourth-order valence-corrected chi connectivity index (χ4v) is 11.6. The molecular formula is C44H23N3OS3. The van der Waals surface area contributed by atoms with E-state index < -0.39 is 0 Å². The minimum absolute atomic E-state index is 0.584. The van der Waals surface area contributed by atoms with Crippen LogP contribution in [0.1, 0.15) is 0 Å². The van der Waals surface area contributed by atoms with E-state index in [1.54, 1.807) is 0 Å². The van der Waals surface area contributed by atoms with Gasteiger partial charge in [0.25, 0.3) is 0 Å². The fourth-order valence-electron chi connectivity index (χ4n) is 7.97. The molecule has 0 bridgehead atoms. The third kappa shape index (κ3) is 3.88. The summed E-state index contributed by atoms with van der Waals surface area (Å²) in [5, 5.41) is 9.37. The van der Waals surface area contributed by atoms with Crippen molar-refractivity contribution < 1.29 is 4.42 Å². The Hall–Kier alpha value is -5.60. The van der Waals surface area contributed by atoms with Crippen LogP contribution in [0.2, 0.25) is 0 Å². The molecule has 0 N–H and O–H groups in total. The van der Waals surface area contributed by atoms with Gasteiger partial charge in [0.1, 0.15) is 5.58 Å². The Bertz CT molecular complexity index is 3280. The van der Waals surface area contributed by atoms with Gasteiger partial charge in [-0.1, -0.05) is 127 Å². The summed E-state index contributed by atoms with van der Waals surface area (Å²) in [6.45, 7) is 0. The van der Waals surface area contributed by atoms with Gasteiger partial charge in [-0.2, -0.15) is 4.98 Å². The van der Waals surface area contributed by atoms with Crippen LogP contribution in [0.4, 0.5) is 0 Å². The molecule has 51 heavy (non-hydrogen) atoms. The molecule has 0 saturated heterocycles. The summed E-state index contributed by atoms with van der Waals surface area (Å²) in [7, 11) is 0. The summed E-state index contributed by atoms with van der Waals surface area (Å²) in [6, 6.07) is 49.7.